The van der Waals surface area contributed by atoms with Gasteiger partial charge >= 0.3 is 0 Å². The molecule has 0 unspecified atom stereocenters. The smallest absolute Gasteiger partial charge is 0.296 e. The second kappa shape index (κ2) is 13.7. The second-order valence-electron chi connectivity index (χ2n) is 11.8. The third kappa shape index (κ3) is 7.38. The SMILES string of the molecule is CCCCc1nc2c(N)nc3cc(C)sc3c2n1CCCCNC(=O)C1CCC(COS(=O)(=O)c2ccc(C)cc2)CC1. The predicted molar refractivity (Wildman–Crippen MR) is 173 cm³/mol. The van der Waals surface area contributed by atoms with Crippen LogP contribution in [0.4, 0.5) is 5.82 Å². The van der Waals surface area contributed by atoms with Crippen LogP contribution in [0.5, 0.6) is 0 Å². The molecule has 0 radical (unpaired) electrons. The minimum absolute atomic E-state index is 0.0333. The highest BCUT2D eigenvalue weighted by Gasteiger charge is 2.28. The first-order valence-electron chi connectivity index (χ1n) is 15.4. The van der Waals surface area contributed by atoms with E-state index in [0.717, 1.165) is 97.0 Å². The molecule has 11 heteroatoms. The molecule has 4 aromatic rings. The first kappa shape index (κ1) is 31.4. The molecule has 232 valence electrons. The van der Waals surface area contributed by atoms with Gasteiger partial charge in [0.2, 0.25) is 5.91 Å². The van der Waals surface area contributed by atoms with Crippen molar-refractivity contribution in [2.24, 2.45) is 11.8 Å². The van der Waals surface area contributed by atoms with E-state index in [1.807, 2.05) is 6.92 Å². The lowest BCUT2D eigenvalue weighted by Crippen LogP contribution is -2.34. The number of nitrogens with zero attached hydrogens (tertiary/aromatic N) is 3. The number of aryl methyl sites for hydroxylation is 4. The molecule has 3 aromatic heterocycles. The molecule has 1 saturated carbocycles. The Kier molecular flexibility index (Phi) is 10.0. The number of nitrogens with one attached hydrogen (secondary N) is 1. The summed E-state index contributed by atoms with van der Waals surface area (Å²) >= 11 is 1.74. The highest BCUT2D eigenvalue weighted by molar-refractivity contribution is 7.86. The number of nitrogens with two attached hydrogens (primary N) is 1. The number of carbonyl (C=O) groups is 1. The number of imidazole rings is 1. The zero-order valence-corrected chi connectivity index (χ0v) is 27.0. The number of rotatable bonds is 13. The van der Waals surface area contributed by atoms with Crippen molar-refractivity contribution >= 4 is 54.4 Å². The van der Waals surface area contributed by atoms with E-state index in [1.54, 1.807) is 35.6 Å². The quantitative estimate of drug-likeness (QED) is 0.132. The van der Waals surface area contributed by atoms with Crippen molar-refractivity contribution in [3.63, 3.8) is 0 Å². The molecule has 1 aliphatic rings. The number of amides is 1. The van der Waals surface area contributed by atoms with Crippen molar-refractivity contribution in [2.45, 2.75) is 90.0 Å². The van der Waals surface area contributed by atoms with Crippen LogP contribution in [0, 0.1) is 25.7 Å². The topological polar surface area (TPSA) is 129 Å². The number of hydrogen-bond donors (Lipinski definition) is 2. The number of fused-ring (bicyclic) bond motifs is 3. The van der Waals surface area contributed by atoms with Gasteiger partial charge in [0.05, 0.1) is 27.2 Å². The van der Waals surface area contributed by atoms with E-state index in [9.17, 15) is 13.2 Å². The summed E-state index contributed by atoms with van der Waals surface area (Å²) < 4.78 is 33.8. The highest BCUT2D eigenvalue weighted by Crippen LogP contribution is 2.35. The van der Waals surface area contributed by atoms with Gasteiger partial charge in [-0.15, -0.1) is 11.3 Å². The van der Waals surface area contributed by atoms with Crippen molar-refractivity contribution in [1.82, 2.24) is 19.9 Å². The zero-order chi connectivity index (χ0) is 30.6. The number of anilines is 1. The lowest BCUT2D eigenvalue weighted by atomic mass is 9.82. The summed E-state index contributed by atoms with van der Waals surface area (Å²) in [5, 5.41) is 3.14. The van der Waals surface area contributed by atoms with Crippen LogP contribution >= 0.6 is 11.3 Å². The monoisotopic (exact) mass is 625 g/mol. The van der Waals surface area contributed by atoms with Gasteiger partial charge in [0.25, 0.3) is 10.1 Å². The van der Waals surface area contributed by atoms with Crippen molar-refractivity contribution in [2.75, 3.05) is 18.9 Å². The average molecular weight is 626 g/mol. The van der Waals surface area contributed by atoms with Crippen molar-refractivity contribution < 1.29 is 17.4 Å². The molecule has 0 bridgehead atoms. The van der Waals surface area contributed by atoms with Crippen molar-refractivity contribution in [3.8, 4) is 0 Å². The summed E-state index contributed by atoms with van der Waals surface area (Å²) in [6.45, 7) is 7.79. The number of pyridine rings is 1. The Labute approximate surface area is 258 Å². The molecule has 1 fully saturated rings. The Balaban J connectivity index is 1.09. The Bertz CT molecular complexity index is 1670. The standard InChI is InChI=1S/C32H43N5O4S2/c1-4-5-8-27-36-28-29(30-26(35-31(28)33)19-22(3)42-30)37(27)18-7-6-17-34-32(38)24-13-11-23(12-14-24)20-41-43(39,40)25-15-9-21(2)10-16-25/h9-10,15-16,19,23-24H,4-8,11-14,17-18,20H2,1-3H3,(H2,33,35)(H,34,38). The van der Waals surface area contributed by atoms with E-state index in [0.29, 0.717) is 12.4 Å². The molecule has 1 aromatic carbocycles. The van der Waals surface area contributed by atoms with Gasteiger partial charge in [-0.1, -0.05) is 31.0 Å². The fraction of sp³-hybridized carbons (Fsp3) is 0.531. The van der Waals surface area contributed by atoms with Gasteiger partial charge < -0.3 is 15.6 Å². The average Bonchev–Trinajstić information content (AvgIpc) is 3.55. The maximum absolute atomic E-state index is 12.9. The van der Waals surface area contributed by atoms with Gasteiger partial charge in [0, 0.05) is 30.3 Å². The van der Waals surface area contributed by atoms with E-state index < -0.39 is 10.1 Å². The highest BCUT2D eigenvalue weighted by atomic mass is 32.2. The van der Waals surface area contributed by atoms with Crippen molar-refractivity contribution in [3.05, 3.63) is 46.6 Å². The van der Waals surface area contributed by atoms with Gasteiger partial charge in [0.1, 0.15) is 11.3 Å². The largest absolute Gasteiger partial charge is 0.382 e. The van der Waals surface area contributed by atoms with Crippen LogP contribution in [0.25, 0.3) is 21.3 Å². The van der Waals surface area contributed by atoms with E-state index in [4.69, 9.17) is 14.9 Å². The molecule has 0 spiro atoms. The molecule has 0 atom stereocenters. The summed E-state index contributed by atoms with van der Waals surface area (Å²) in [7, 11) is -3.77. The van der Waals surface area contributed by atoms with E-state index >= 15 is 0 Å². The van der Waals surface area contributed by atoms with Gasteiger partial charge in [-0.2, -0.15) is 8.42 Å². The third-order valence-electron chi connectivity index (χ3n) is 8.43. The van der Waals surface area contributed by atoms with Crippen molar-refractivity contribution in [1.29, 1.82) is 0 Å². The number of carbonyl (C=O) groups excluding carboxylic acids is 1. The lowest BCUT2D eigenvalue weighted by Gasteiger charge is -2.27. The summed E-state index contributed by atoms with van der Waals surface area (Å²) in [6, 6.07) is 8.77. The molecule has 3 heterocycles. The summed E-state index contributed by atoms with van der Waals surface area (Å²) in [5.74, 6) is 1.74. The fourth-order valence-electron chi connectivity index (χ4n) is 5.91. The van der Waals surface area contributed by atoms with Gasteiger partial charge in [-0.3, -0.25) is 8.98 Å². The maximum atomic E-state index is 12.9. The number of thiophene rings is 1. The number of nitrogen functional groups attached to an aromatic ring is 1. The number of aromatic nitrogens is 3. The molecule has 1 aliphatic carbocycles. The van der Waals surface area contributed by atoms with E-state index in [1.165, 1.54) is 4.88 Å². The molecule has 5 rings (SSSR count). The number of hydrogen-bond acceptors (Lipinski definition) is 8. The van der Waals surface area contributed by atoms with Crippen LogP contribution in [0.2, 0.25) is 0 Å². The van der Waals surface area contributed by atoms with Crippen LogP contribution in [-0.2, 0) is 32.1 Å². The fourth-order valence-corrected chi connectivity index (χ4v) is 7.89. The van der Waals surface area contributed by atoms with Crippen LogP contribution in [0.15, 0.2) is 35.2 Å². The predicted octanol–water partition coefficient (Wildman–Crippen LogP) is 6.30. The first-order valence-corrected chi connectivity index (χ1v) is 17.7. The van der Waals surface area contributed by atoms with E-state index in [2.05, 4.69) is 34.8 Å². The van der Waals surface area contributed by atoms with Crippen LogP contribution in [0.1, 0.15) is 74.6 Å². The number of unbranched alkanes of at least 4 members (excludes halogenated alkanes) is 2. The van der Waals surface area contributed by atoms with Crippen LogP contribution in [0.3, 0.4) is 0 Å². The molecule has 9 nitrogen and oxygen atoms in total. The Hall–Kier alpha value is -3.02. The molecular formula is C32H43N5O4S2. The first-order chi connectivity index (χ1) is 20.7. The van der Waals surface area contributed by atoms with Gasteiger partial charge in [0.15, 0.2) is 5.82 Å². The molecule has 1 amide bonds. The lowest BCUT2D eigenvalue weighted by molar-refractivity contribution is -0.126. The minimum Gasteiger partial charge on any atom is -0.382 e. The number of benzene rings is 1. The van der Waals surface area contributed by atoms with E-state index in [-0.39, 0.29) is 29.2 Å². The molecule has 43 heavy (non-hydrogen) atoms. The van der Waals surface area contributed by atoms with Crippen LogP contribution < -0.4 is 11.1 Å². The summed E-state index contributed by atoms with van der Waals surface area (Å²) in [6.07, 6.45) is 7.90. The second-order valence-corrected chi connectivity index (χ2v) is 14.7. The molecular weight excluding hydrogens is 583 g/mol. The molecule has 0 aliphatic heterocycles. The van der Waals surface area contributed by atoms with Gasteiger partial charge in [-0.25, -0.2) is 9.97 Å². The zero-order valence-electron chi connectivity index (χ0n) is 25.4. The minimum atomic E-state index is -3.77. The Morgan fingerprint density at radius 1 is 1.09 bits per heavy atom. The summed E-state index contributed by atoms with van der Waals surface area (Å²) in [4.78, 5) is 23.8. The summed E-state index contributed by atoms with van der Waals surface area (Å²) in [5.41, 5.74) is 10.1. The van der Waals surface area contributed by atoms with Crippen LogP contribution in [-0.4, -0.2) is 42.0 Å². The Morgan fingerprint density at radius 2 is 1.84 bits per heavy atom. The van der Waals surface area contributed by atoms with Gasteiger partial charge in [-0.05, 0) is 82.9 Å². The Morgan fingerprint density at radius 3 is 2.56 bits per heavy atom. The normalized spacial score (nSPS) is 17.6. The molecule has 3 N–H and O–H groups in total. The maximum Gasteiger partial charge on any atom is 0.296 e. The third-order valence-corrected chi connectivity index (χ3v) is 10.8. The molecule has 0 saturated heterocycles.